The molecule has 2 atom stereocenters. The SMILES string of the molecule is O=CCC1CCCC1CC(=O)OCc1ccccc1. The molecule has 3 nitrogen and oxygen atoms in total. The number of carbonyl (C=O) groups excluding carboxylic acids is 2. The highest BCUT2D eigenvalue weighted by atomic mass is 16.5. The first-order chi connectivity index (χ1) is 9.29. The fourth-order valence-electron chi connectivity index (χ4n) is 2.83. The Kier molecular flexibility index (Phi) is 5.13. The topological polar surface area (TPSA) is 43.4 Å². The van der Waals surface area contributed by atoms with Crippen molar-refractivity contribution in [3.05, 3.63) is 35.9 Å². The van der Waals surface area contributed by atoms with Crippen LogP contribution in [0.1, 0.15) is 37.7 Å². The highest BCUT2D eigenvalue weighted by Crippen LogP contribution is 2.36. The van der Waals surface area contributed by atoms with E-state index in [1.807, 2.05) is 30.3 Å². The molecule has 0 heterocycles. The van der Waals surface area contributed by atoms with Crippen molar-refractivity contribution in [1.82, 2.24) is 0 Å². The van der Waals surface area contributed by atoms with Gasteiger partial charge in [-0.2, -0.15) is 0 Å². The Labute approximate surface area is 114 Å². The zero-order valence-electron chi connectivity index (χ0n) is 11.1. The number of rotatable bonds is 6. The average molecular weight is 260 g/mol. The van der Waals surface area contributed by atoms with Gasteiger partial charge in [0.05, 0.1) is 0 Å². The van der Waals surface area contributed by atoms with E-state index >= 15 is 0 Å². The smallest absolute Gasteiger partial charge is 0.306 e. The average Bonchev–Trinajstić information content (AvgIpc) is 2.85. The summed E-state index contributed by atoms with van der Waals surface area (Å²) in [5.74, 6) is 0.557. The summed E-state index contributed by atoms with van der Waals surface area (Å²) in [6, 6.07) is 9.68. The molecule has 0 saturated heterocycles. The Bertz CT molecular complexity index is 413. The second kappa shape index (κ2) is 7.07. The maximum absolute atomic E-state index is 11.8. The van der Waals surface area contributed by atoms with E-state index in [0.29, 0.717) is 31.3 Å². The summed E-state index contributed by atoms with van der Waals surface area (Å²) < 4.78 is 5.29. The third-order valence-corrected chi connectivity index (χ3v) is 3.89. The van der Waals surface area contributed by atoms with Crippen LogP contribution in [0.5, 0.6) is 0 Å². The van der Waals surface area contributed by atoms with Gasteiger partial charge in [0.15, 0.2) is 0 Å². The third-order valence-electron chi connectivity index (χ3n) is 3.89. The molecule has 2 unspecified atom stereocenters. The molecule has 0 radical (unpaired) electrons. The molecule has 1 aliphatic carbocycles. The van der Waals surface area contributed by atoms with Crippen LogP contribution < -0.4 is 0 Å². The molecule has 0 bridgehead atoms. The van der Waals surface area contributed by atoms with Crippen molar-refractivity contribution in [3.8, 4) is 0 Å². The first kappa shape index (κ1) is 13.8. The Morgan fingerprint density at radius 1 is 1.21 bits per heavy atom. The lowest BCUT2D eigenvalue weighted by atomic mass is 9.91. The lowest BCUT2D eigenvalue weighted by molar-refractivity contribution is -0.146. The molecule has 0 amide bonds. The second-order valence-electron chi connectivity index (χ2n) is 5.20. The first-order valence-electron chi connectivity index (χ1n) is 6.92. The van der Waals surface area contributed by atoms with Gasteiger partial charge in [0, 0.05) is 12.8 Å². The van der Waals surface area contributed by atoms with E-state index in [-0.39, 0.29) is 5.97 Å². The van der Waals surface area contributed by atoms with Gasteiger partial charge < -0.3 is 9.53 Å². The summed E-state index contributed by atoms with van der Waals surface area (Å²) in [5, 5.41) is 0. The summed E-state index contributed by atoms with van der Waals surface area (Å²) in [5.41, 5.74) is 1.01. The zero-order valence-corrected chi connectivity index (χ0v) is 11.1. The van der Waals surface area contributed by atoms with E-state index < -0.39 is 0 Å². The maximum Gasteiger partial charge on any atom is 0.306 e. The molecule has 1 aliphatic rings. The quantitative estimate of drug-likeness (QED) is 0.583. The van der Waals surface area contributed by atoms with Gasteiger partial charge in [0.1, 0.15) is 12.9 Å². The standard InChI is InChI=1S/C16H20O3/c17-10-9-14-7-4-8-15(14)11-16(18)19-12-13-5-2-1-3-6-13/h1-3,5-6,10,14-15H,4,7-9,11-12H2. The molecule has 0 N–H and O–H groups in total. The van der Waals surface area contributed by atoms with Crippen molar-refractivity contribution < 1.29 is 14.3 Å². The largest absolute Gasteiger partial charge is 0.461 e. The number of hydrogen-bond acceptors (Lipinski definition) is 3. The molecule has 0 aliphatic heterocycles. The van der Waals surface area contributed by atoms with E-state index in [1.165, 1.54) is 0 Å². The van der Waals surface area contributed by atoms with Crippen molar-refractivity contribution in [3.63, 3.8) is 0 Å². The zero-order chi connectivity index (χ0) is 13.5. The first-order valence-corrected chi connectivity index (χ1v) is 6.92. The predicted octanol–water partition coefficient (Wildman–Crippen LogP) is 3.13. The molecule has 0 spiro atoms. The lowest BCUT2D eigenvalue weighted by Gasteiger charge is -2.16. The Morgan fingerprint density at radius 2 is 1.95 bits per heavy atom. The monoisotopic (exact) mass is 260 g/mol. The summed E-state index contributed by atoms with van der Waals surface area (Å²) in [4.78, 5) is 22.4. The van der Waals surface area contributed by atoms with Gasteiger partial charge in [-0.15, -0.1) is 0 Å². The molecule has 1 aromatic rings. The number of benzene rings is 1. The van der Waals surface area contributed by atoms with Gasteiger partial charge >= 0.3 is 5.97 Å². The highest BCUT2D eigenvalue weighted by molar-refractivity contribution is 5.69. The minimum Gasteiger partial charge on any atom is -0.461 e. The van der Waals surface area contributed by atoms with Gasteiger partial charge in [-0.25, -0.2) is 0 Å². The fourth-order valence-corrected chi connectivity index (χ4v) is 2.83. The molecule has 0 aromatic heterocycles. The minimum absolute atomic E-state index is 0.147. The number of aldehydes is 1. The summed E-state index contributed by atoms with van der Waals surface area (Å²) in [6.07, 6.45) is 5.23. The van der Waals surface area contributed by atoms with Gasteiger partial charge in [-0.05, 0) is 30.2 Å². The molecule has 3 heteroatoms. The van der Waals surface area contributed by atoms with E-state index in [4.69, 9.17) is 4.74 Å². The predicted molar refractivity (Wildman–Crippen MR) is 72.4 cm³/mol. The van der Waals surface area contributed by atoms with Gasteiger partial charge in [-0.1, -0.05) is 36.8 Å². The normalized spacial score (nSPS) is 22.1. The number of ether oxygens (including phenoxy) is 1. The van der Waals surface area contributed by atoms with Crippen LogP contribution in [-0.4, -0.2) is 12.3 Å². The molecular weight excluding hydrogens is 240 g/mol. The minimum atomic E-state index is -0.147. The van der Waals surface area contributed by atoms with E-state index in [2.05, 4.69) is 0 Å². The summed E-state index contributed by atoms with van der Waals surface area (Å²) in [7, 11) is 0. The third kappa shape index (κ3) is 4.19. The van der Waals surface area contributed by atoms with Gasteiger partial charge in [0.2, 0.25) is 0 Å². The Balaban J connectivity index is 1.76. The Hall–Kier alpha value is -1.64. The fraction of sp³-hybridized carbons (Fsp3) is 0.500. The Morgan fingerprint density at radius 3 is 2.68 bits per heavy atom. The van der Waals surface area contributed by atoms with E-state index in [0.717, 1.165) is 31.1 Å². The molecule has 1 fully saturated rings. The molecule has 1 saturated carbocycles. The lowest BCUT2D eigenvalue weighted by Crippen LogP contribution is -2.15. The van der Waals surface area contributed by atoms with Crippen LogP contribution in [-0.2, 0) is 20.9 Å². The molecule has 102 valence electrons. The van der Waals surface area contributed by atoms with Crippen LogP contribution in [0.15, 0.2) is 30.3 Å². The van der Waals surface area contributed by atoms with Gasteiger partial charge in [-0.3, -0.25) is 4.79 Å². The van der Waals surface area contributed by atoms with Crippen LogP contribution in [0, 0.1) is 11.8 Å². The van der Waals surface area contributed by atoms with E-state index in [1.54, 1.807) is 0 Å². The van der Waals surface area contributed by atoms with Crippen molar-refractivity contribution in [2.75, 3.05) is 0 Å². The van der Waals surface area contributed by atoms with Crippen LogP contribution in [0.2, 0.25) is 0 Å². The van der Waals surface area contributed by atoms with Crippen LogP contribution in [0.3, 0.4) is 0 Å². The summed E-state index contributed by atoms with van der Waals surface area (Å²) in [6.45, 7) is 0.338. The molecular formula is C16H20O3. The maximum atomic E-state index is 11.8. The molecule has 19 heavy (non-hydrogen) atoms. The van der Waals surface area contributed by atoms with Gasteiger partial charge in [0.25, 0.3) is 0 Å². The molecule has 1 aromatic carbocycles. The van der Waals surface area contributed by atoms with Crippen molar-refractivity contribution in [1.29, 1.82) is 0 Å². The highest BCUT2D eigenvalue weighted by Gasteiger charge is 2.29. The van der Waals surface area contributed by atoms with Crippen molar-refractivity contribution in [2.24, 2.45) is 11.8 Å². The van der Waals surface area contributed by atoms with E-state index in [9.17, 15) is 9.59 Å². The number of hydrogen-bond donors (Lipinski definition) is 0. The number of carbonyl (C=O) groups is 2. The van der Waals surface area contributed by atoms with Crippen LogP contribution in [0.25, 0.3) is 0 Å². The number of esters is 1. The summed E-state index contributed by atoms with van der Waals surface area (Å²) >= 11 is 0. The van der Waals surface area contributed by atoms with Crippen LogP contribution in [0.4, 0.5) is 0 Å². The van der Waals surface area contributed by atoms with Crippen LogP contribution >= 0.6 is 0 Å². The molecule has 2 rings (SSSR count). The second-order valence-corrected chi connectivity index (χ2v) is 5.20. The van der Waals surface area contributed by atoms with Crippen molar-refractivity contribution >= 4 is 12.3 Å². The van der Waals surface area contributed by atoms with Crippen molar-refractivity contribution in [2.45, 2.75) is 38.7 Å².